The Morgan fingerprint density at radius 3 is 2.77 bits per heavy atom. The minimum atomic E-state index is -0.0473. The first-order valence-corrected chi connectivity index (χ1v) is 9.86. The Kier molecular flexibility index (Phi) is 4.74. The molecule has 5 nitrogen and oxygen atoms in total. The van der Waals surface area contributed by atoms with Crippen molar-refractivity contribution in [3.63, 3.8) is 0 Å². The summed E-state index contributed by atoms with van der Waals surface area (Å²) in [5.41, 5.74) is 2.16. The minimum absolute atomic E-state index is 0.0473. The Bertz CT molecular complexity index is 696. The van der Waals surface area contributed by atoms with Crippen molar-refractivity contribution in [1.82, 2.24) is 4.90 Å². The third-order valence-corrected chi connectivity index (χ3v) is 6.39. The molecule has 4 rings (SSSR count). The van der Waals surface area contributed by atoms with Crippen molar-refractivity contribution in [2.45, 2.75) is 56.9 Å². The number of para-hydroxylation sites is 1. The average Bonchev–Trinajstić information content (AvgIpc) is 3.25. The van der Waals surface area contributed by atoms with Crippen LogP contribution in [-0.2, 0) is 14.3 Å². The average molecular weight is 356 g/mol. The molecule has 5 heteroatoms. The number of hydrogen-bond donors (Lipinski definition) is 0. The minimum Gasteiger partial charge on any atom is -0.377 e. The maximum absolute atomic E-state index is 13.0. The molecular weight excluding hydrogens is 328 g/mol. The van der Waals surface area contributed by atoms with E-state index < -0.39 is 0 Å². The van der Waals surface area contributed by atoms with E-state index in [1.54, 1.807) is 6.92 Å². The van der Waals surface area contributed by atoms with Gasteiger partial charge in [-0.2, -0.15) is 0 Å². The summed E-state index contributed by atoms with van der Waals surface area (Å²) < 4.78 is 5.71. The maximum Gasteiger partial charge on any atom is 0.223 e. The van der Waals surface area contributed by atoms with Crippen LogP contribution in [0, 0.1) is 0 Å². The standard InChI is InChI=1S/C21H28N2O3/c1-16(24)22-14-17(18-6-2-3-7-19(18)22)8-9-20(25)23-12-13-26-15-21(23)10-4-5-11-21/h2-3,6-7,17H,4-5,8-15H2,1H3. The molecule has 3 aliphatic rings. The highest BCUT2D eigenvalue weighted by Gasteiger charge is 2.44. The van der Waals surface area contributed by atoms with Crippen molar-refractivity contribution in [3.8, 4) is 0 Å². The Balaban J connectivity index is 1.44. The Morgan fingerprint density at radius 2 is 2.00 bits per heavy atom. The van der Waals surface area contributed by atoms with E-state index in [0.29, 0.717) is 26.2 Å². The molecule has 140 valence electrons. The van der Waals surface area contributed by atoms with E-state index in [1.165, 1.54) is 18.4 Å². The second-order valence-electron chi connectivity index (χ2n) is 7.95. The highest BCUT2D eigenvalue weighted by molar-refractivity contribution is 5.94. The summed E-state index contributed by atoms with van der Waals surface area (Å²) in [5.74, 6) is 0.581. The fourth-order valence-electron chi connectivity index (χ4n) is 5.04. The van der Waals surface area contributed by atoms with Gasteiger partial charge in [0.15, 0.2) is 0 Å². The number of hydrogen-bond acceptors (Lipinski definition) is 3. The molecule has 2 amide bonds. The van der Waals surface area contributed by atoms with Gasteiger partial charge < -0.3 is 14.5 Å². The van der Waals surface area contributed by atoms with Gasteiger partial charge in [-0.05, 0) is 30.9 Å². The number of rotatable bonds is 3. The molecule has 2 fully saturated rings. The van der Waals surface area contributed by atoms with Crippen molar-refractivity contribution in [3.05, 3.63) is 29.8 Å². The van der Waals surface area contributed by atoms with Crippen molar-refractivity contribution >= 4 is 17.5 Å². The molecule has 2 aliphatic heterocycles. The largest absolute Gasteiger partial charge is 0.377 e. The fraction of sp³-hybridized carbons (Fsp3) is 0.619. The Morgan fingerprint density at radius 1 is 1.23 bits per heavy atom. The zero-order valence-electron chi connectivity index (χ0n) is 15.6. The fourth-order valence-corrected chi connectivity index (χ4v) is 5.04. The lowest BCUT2D eigenvalue weighted by molar-refractivity contribution is -0.149. The van der Waals surface area contributed by atoms with Crippen molar-refractivity contribution in [2.75, 3.05) is 31.2 Å². The lowest BCUT2D eigenvalue weighted by atomic mass is 9.92. The summed E-state index contributed by atoms with van der Waals surface area (Å²) in [7, 11) is 0. The van der Waals surface area contributed by atoms with E-state index in [1.807, 2.05) is 23.1 Å². The number of ether oxygens (including phenoxy) is 1. The van der Waals surface area contributed by atoms with Crippen molar-refractivity contribution < 1.29 is 14.3 Å². The van der Waals surface area contributed by atoms with Gasteiger partial charge in [-0.1, -0.05) is 31.0 Å². The second-order valence-corrected chi connectivity index (χ2v) is 7.95. The second kappa shape index (κ2) is 7.03. The molecule has 0 radical (unpaired) electrons. The summed E-state index contributed by atoms with van der Waals surface area (Å²) in [6, 6.07) is 8.10. The van der Waals surface area contributed by atoms with E-state index in [0.717, 1.165) is 31.5 Å². The molecule has 0 aromatic heterocycles. The van der Waals surface area contributed by atoms with Crippen LogP contribution in [0.4, 0.5) is 5.69 Å². The number of morpholine rings is 1. The molecule has 1 saturated heterocycles. The van der Waals surface area contributed by atoms with Gasteiger partial charge in [-0.3, -0.25) is 9.59 Å². The summed E-state index contributed by atoms with van der Waals surface area (Å²) in [6.07, 6.45) is 5.87. The van der Waals surface area contributed by atoms with Gasteiger partial charge in [-0.25, -0.2) is 0 Å². The van der Waals surface area contributed by atoms with Crippen LogP contribution in [0.5, 0.6) is 0 Å². The zero-order chi connectivity index (χ0) is 18.1. The first-order chi connectivity index (χ1) is 12.6. The van der Waals surface area contributed by atoms with Crippen LogP contribution in [-0.4, -0.2) is 48.6 Å². The normalized spacial score (nSPS) is 24.1. The van der Waals surface area contributed by atoms with E-state index >= 15 is 0 Å². The lowest BCUT2D eigenvalue weighted by Gasteiger charge is -2.45. The van der Waals surface area contributed by atoms with Crippen LogP contribution in [0.2, 0.25) is 0 Å². The SMILES string of the molecule is CC(=O)N1CC(CCC(=O)N2CCOCC23CCCC3)c2ccccc21. The van der Waals surface area contributed by atoms with E-state index in [-0.39, 0.29) is 23.3 Å². The summed E-state index contributed by atoms with van der Waals surface area (Å²) >= 11 is 0. The number of carbonyl (C=O) groups excluding carboxylic acids is 2. The molecule has 0 bridgehead atoms. The van der Waals surface area contributed by atoms with Gasteiger partial charge in [0.05, 0.1) is 18.8 Å². The molecule has 1 aromatic carbocycles. The lowest BCUT2D eigenvalue weighted by Crippen LogP contribution is -2.57. The number of fused-ring (bicyclic) bond motifs is 1. The maximum atomic E-state index is 13.0. The van der Waals surface area contributed by atoms with E-state index in [4.69, 9.17) is 4.74 Å². The topological polar surface area (TPSA) is 49.9 Å². The van der Waals surface area contributed by atoms with Crippen LogP contribution in [0.15, 0.2) is 24.3 Å². The van der Waals surface area contributed by atoms with Gasteiger partial charge in [0.1, 0.15) is 0 Å². The molecule has 0 N–H and O–H groups in total. The predicted molar refractivity (Wildman–Crippen MR) is 100 cm³/mol. The Labute approximate surface area is 155 Å². The summed E-state index contributed by atoms with van der Waals surface area (Å²) in [5, 5.41) is 0. The van der Waals surface area contributed by atoms with E-state index in [9.17, 15) is 9.59 Å². The molecule has 1 atom stereocenters. The number of carbonyl (C=O) groups is 2. The molecule has 1 aromatic rings. The first-order valence-electron chi connectivity index (χ1n) is 9.86. The van der Waals surface area contributed by atoms with Gasteiger partial charge in [0.25, 0.3) is 0 Å². The molecular formula is C21H28N2O3. The molecule has 1 aliphatic carbocycles. The quantitative estimate of drug-likeness (QED) is 0.836. The summed E-state index contributed by atoms with van der Waals surface area (Å²) in [6.45, 7) is 4.37. The van der Waals surface area contributed by atoms with Gasteiger partial charge in [0, 0.05) is 38.0 Å². The van der Waals surface area contributed by atoms with Gasteiger partial charge in [-0.15, -0.1) is 0 Å². The van der Waals surface area contributed by atoms with Crippen LogP contribution < -0.4 is 4.90 Å². The predicted octanol–water partition coefficient (Wildman–Crippen LogP) is 3.09. The molecule has 26 heavy (non-hydrogen) atoms. The molecule has 2 heterocycles. The highest BCUT2D eigenvalue weighted by atomic mass is 16.5. The number of amides is 2. The van der Waals surface area contributed by atoms with Crippen LogP contribution in [0.3, 0.4) is 0 Å². The smallest absolute Gasteiger partial charge is 0.223 e. The monoisotopic (exact) mass is 356 g/mol. The van der Waals surface area contributed by atoms with Gasteiger partial charge in [0.2, 0.25) is 11.8 Å². The van der Waals surface area contributed by atoms with E-state index in [2.05, 4.69) is 11.0 Å². The number of benzene rings is 1. The van der Waals surface area contributed by atoms with Crippen molar-refractivity contribution in [2.24, 2.45) is 0 Å². The first kappa shape index (κ1) is 17.5. The van der Waals surface area contributed by atoms with Crippen LogP contribution in [0.25, 0.3) is 0 Å². The highest BCUT2D eigenvalue weighted by Crippen LogP contribution is 2.40. The third-order valence-electron chi connectivity index (χ3n) is 6.39. The zero-order valence-corrected chi connectivity index (χ0v) is 15.6. The molecule has 1 spiro atoms. The van der Waals surface area contributed by atoms with Gasteiger partial charge >= 0.3 is 0 Å². The Hall–Kier alpha value is -1.88. The number of anilines is 1. The van der Waals surface area contributed by atoms with Crippen LogP contribution in [0.1, 0.15) is 56.9 Å². The van der Waals surface area contributed by atoms with Crippen LogP contribution >= 0.6 is 0 Å². The van der Waals surface area contributed by atoms with Crippen molar-refractivity contribution in [1.29, 1.82) is 0 Å². The molecule has 1 unspecified atom stereocenters. The molecule has 1 saturated carbocycles. The number of nitrogens with zero attached hydrogens (tertiary/aromatic N) is 2. The third kappa shape index (κ3) is 3.02. The summed E-state index contributed by atoms with van der Waals surface area (Å²) in [4.78, 5) is 28.9.